The fourth-order valence-electron chi connectivity index (χ4n) is 3.20. The first-order chi connectivity index (χ1) is 9.16. The van der Waals surface area contributed by atoms with Crippen LogP contribution in [0.25, 0.3) is 0 Å². The molecule has 2 N–H and O–H groups in total. The zero-order valence-corrected chi connectivity index (χ0v) is 12.3. The van der Waals surface area contributed by atoms with Gasteiger partial charge in [0.2, 0.25) is 0 Å². The zero-order valence-electron chi connectivity index (χ0n) is 10.7. The molecule has 1 aromatic carbocycles. The minimum atomic E-state index is -0.310. The van der Waals surface area contributed by atoms with Crippen molar-refractivity contribution in [3.63, 3.8) is 0 Å². The molecule has 2 atom stereocenters. The second-order valence-corrected chi connectivity index (χ2v) is 6.13. The van der Waals surface area contributed by atoms with Crippen LogP contribution in [0.15, 0.2) is 16.6 Å². The standard InChI is InChI=1S/C14H18BrFN2O/c15-9-7-13(11(17)8-10(9)16)18-5-6-19-14-4-2-1-3-12(14)18/h7-8,12,14H,1-6,17H2. The van der Waals surface area contributed by atoms with E-state index in [1.54, 1.807) is 6.07 Å². The number of rotatable bonds is 1. The van der Waals surface area contributed by atoms with E-state index in [1.807, 2.05) is 0 Å². The number of hydrogen-bond acceptors (Lipinski definition) is 3. The van der Waals surface area contributed by atoms with Crippen LogP contribution < -0.4 is 10.6 Å². The Morgan fingerprint density at radius 2 is 2.11 bits per heavy atom. The molecule has 3 nitrogen and oxygen atoms in total. The quantitative estimate of drug-likeness (QED) is 0.804. The topological polar surface area (TPSA) is 38.5 Å². The normalized spacial score (nSPS) is 27.2. The number of ether oxygens (including phenoxy) is 1. The second-order valence-electron chi connectivity index (χ2n) is 5.28. The Kier molecular flexibility index (Phi) is 3.67. The average Bonchev–Trinajstić information content (AvgIpc) is 2.42. The van der Waals surface area contributed by atoms with Gasteiger partial charge in [0.05, 0.1) is 34.6 Å². The van der Waals surface area contributed by atoms with Gasteiger partial charge in [-0.25, -0.2) is 4.39 Å². The van der Waals surface area contributed by atoms with Crippen LogP contribution in [0.2, 0.25) is 0 Å². The summed E-state index contributed by atoms with van der Waals surface area (Å²) in [5.41, 5.74) is 7.43. The van der Waals surface area contributed by atoms with Crippen molar-refractivity contribution in [1.29, 1.82) is 0 Å². The third-order valence-electron chi connectivity index (χ3n) is 4.11. The Morgan fingerprint density at radius 1 is 1.32 bits per heavy atom. The lowest BCUT2D eigenvalue weighted by Crippen LogP contribution is -2.53. The van der Waals surface area contributed by atoms with Gasteiger partial charge < -0.3 is 15.4 Å². The minimum absolute atomic E-state index is 0.297. The summed E-state index contributed by atoms with van der Waals surface area (Å²) in [5.74, 6) is -0.310. The maximum Gasteiger partial charge on any atom is 0.139 e. The zero-order chi connectivity index (χ0) is 13.4. The number of anilines is 2. The lowest BCUT2D eigenvalue weighted by molar-refractivity contribution is -0.00862. The summed E-state index contributed by atoms with van der Waals surface area (Å²) in [6.07, 6.45) is 4.99. The molecule has 1 saturated heterocycles. The summed E-state index contributed by atoms with van der Waals surface area (Å²) in [7, 11) is 0. The first-order valence-corrected chi connectivity index (χ1v) is 7.59. The molecule has 0 radical (unpaired) electrons. The van der Waals surface area contributed by atoms with Gasteiger partial charge in [0, 0.05) is 12.6 Å². The van der Waals surface area contributed by atoms with Crippen LogP contribution in [0, 0.1) is 5.82 Å². The summed E-state index contributed by atoms with van der Waals surface area (Å²) >= 11 is 3.25. The van der Waals surface area contributed by atoms with Gasteiger partial charge in [0.25, 0.3) is 0 Å². The van der Waals surface area contributed by atoms with Crippen molar-refractivity contribution in [2.24, 2.45) is 0 Å². The molecule has 1 aliphatic heterocycles. The Labute approximate surface area is 121 Å². The van der Waals surface area contributed by atoms with Crippen molar-refractivity contribution in [3.8, 4) is 0 Å². The van der Waals surface area contributed by atoms with Gasteiger partial charge in [-0.05, 0) is 34.8 Å². The summed E-state index contributed by atoms with van der Waals surface area (Å²) in [6.45, 7) is 1.54. The summed E-state index contributed by atoms with van der Waals surface area (Å²) in [6, 6.07) is 3.57. The smallest absolute Gasteiger partial charge is 0.139 e. The molecule has 104 valence electrons. The molecule has 1 aliphatic carbocycles. The van der Waals surface area contributed by atoms with Crippen LogP contribution in [0.4, 0.5) is 15.8 Å². The highest BCUT2D eigenvalue weighted by Gasteiger charge is 2.35. The number of benzene rings is 1. The van der Waals surface area contributed by atoms with Gasteiger partial charge in [-0.15, -0.1) is 0 Å². The van der Waals surface area contributed by atoms with E-state index in [0.29, 0.717) is 22.3 Å². The predicted octanol–water partition coefficient (Wildman–Crippen LogP) is 3.32. The molecule has 0 amide bonds. The van der Waals surface area contributed by atoms with Gasteiger partial charge in [-0.1, -0.05) is 12.8 Å². The number of nitrogen functional groups attached to an aromatic ring is 1. The number of hydrogen-bond donors (Lipinski definition) is 1. The number of nitrogens with zero attached hydrogens (tertiary/aromatic N) is 1. The number of morpholine rings is 1. The van der Waals surface area contributed by atoms with E-state index in [0.717, 1.165) is 31.7 Å². The second kappa shape index (κ2) is 5.29. The molecule has 0 spiro atoms. The van der Waals surface area contributed by atoms with Crippen LogP contribution in [0.5, 0.6) is 0 Å². The molecule has 3 rings (SSSR count). The average molecular weight is 329 g/mol. The van der Waals surface area contributed by atoms with Crippen molar-refractivity contribution in [2.75, 3.05) is 23.8 Å². The fourth-order valence-corrected chi connectivity index (χ4v) is 3.53. The molecule has 2 fully saturated rings. The van der Waals surface area contributed by atoms with Gasteiger partial charge in [0.1, 0.15) is 5.82 Å². The van der Waals surface area contributed by atoms with E-state index in [1.165, 1.54) is 18.9 Å². The number of halogens is 2. The molecule has 0 aromatic heterocycles. The highest BCUT2D eigenvalue weighted by Crippen LogP contribution is 2.36. The Morgan fingerprint density at radius 3 is 2.95 bits per heavy atom. The third kappa shape index (κ3) is 2.46. The molecule has 5 heteroatoms. The van der Waals surface area contributed by atoms with Crippen LogP contribution in [0.1, 0.15) is 25.7 Å². The van der Waals surface area contributed by atoms with Gasteiger partial charge in [-0.3, -0.25) is 0 Å². The highest BCUT2D eigenvalue weighted by atomic mass is 79.9. The monoisotopic (exact) mass is 328 g/mol. The Hall–Kier alpha value is -0.810. The third-order valence-corrected chi connectivity index (χ3v) is 4.72. The van der Waals surface area contributed by atoms with Crippen LogP contribution in [-0.4, -0.2) is 25.3 Å². The molecule has 2 unspecified atom stereocenters. The summed E-state index contributed by atoms with van der Waals surface area (Å²) < 4.78 is 19.8. The van der Waals surface area contributed by atoms with Crippen molar-refractivity contribution >= 4 is 27.3 Å². The van der Waals surface area contributed by atoms with Crippen molar-refractivity contribution in [3.05, 3.63) is 22.4 Å². The number of nitrogens with two attached hydrogens (primary N) is 1. The molecular weight excluding hydrogens is 311 g/mol. The SMILES string of the molecule is Nc1cc(F)c(Br)cc1N1CCOC2CCCCC21. The summed E-state index contributed by atoms with van der Waals surface area (Å²) in [5, 5.41) is 0. The molecular formula is C14H18BrFN2O. The van der Waals surface area contributed by atoms with Crippen LogP contribution >= 0.6 is 15.9 Å². The fraction of sp³-hybridized carbons (Fsp3) is 0.571. The lowest BCUT2D eigenvalue weighted by Gasteiger charge is -2.45. The van der Waals surface area contributed by atoms with Gasteiger partial charge in [-0.2, -0.15) is 0 Å². The van der Waals surface area contributed by atoms with E-state index in [-0.39, 0.29) is 5.82 Å². The van der Waals surface area contributed by atoms with Crippen molar-refractivity contribution in [1.82, 2.24) is 0 Å². The lowest BCUT2D eigenvalue weighted by atomic mass is 9.89. The van der Waals surface area contributed by atoms with Crippen molar-refractivity contribution < 1.29 is 9.13 Å². The van der Waals surface area contributed by atoms with E-state index >= 15 is 0 Å². The first-order valence-electron chi connectivity index (χ1n) is 6.79. The van der Waals surface area contributed by atoms with E-state index in [4.69, 9.17) is 10.5 Å². The van der Waals surface area contributed by atoms with E-state index in [2.05, 4.69) is 20.8 Å². The van der Waals surface area contributed by atoms with Crippen molar-refractivity contribution in [2.45, 2.75) is 37.8 Å². The minimum Gasteiger partial charge on any atom is -0.397 e. The predicted molar refractivity (Wildman–Crippen MR) is 77.9 cm³/mol. The molecule has 19 heavy (non-hydrogen) atoms. The Balaban J connectivity index is 1.93. The van der Waals surface area contributed by atoms with Gasteiger partial charge >= 0.3 is 0 Å². The number of fused-ring (bicyclic) bond motifs is 1. The van der Waals surface area contributed by atoms with Gasteiger partial charge in [0.15, 0.2) is 0 Å². The molecule has 1 heterocycles. The first kappa shape index (κ1) is 13.2. The molecule has 0 bridgehead atoms. The largest absolute Gasteiger partial charge is 0.397 e. The maximum atomic E-state index is 13.5. The van der Waals surface area contributed by atoms with Crippen LogP contribution in [-0.2, 0) is 4.74 Å². The Bertz CT molecular complexity index is 481. The van der Waals surface area contributed by atoms with E-state index in [9.17, 15) is 4.39 Å². The molecule has 2 aliphatic rings. The maximum absolute atomic E-state index is 13.5. The molecule has 1 saturated carbocycles. The molecule has 1 aromatic rings. The van der Waals surface area contributed by atoms with E-state index < -0.39 is 0 Å². The summed E-state index contributed by atoms with van der Waals surface area (Å²) in [4.78, 5) is 2.30. The highest BCUT2D eigenvalue weighted by molar-refractivity contribution is 9.10. The van der Waals surface area contributed by atoms with Crippen LogP contribution in [0.3, 0.4) is 0 Å².